The molecule has 0 radical (unpaired) electrons. The molecule has 0 unspecified atom stereocenters. The number of nitriles is 1. The highest BCUT2D eigenvalue weighted by molar-refractivity contribution is 5.79. The predicted octanol–water partition coefficient (Wildman–Crippen LogP) is 1.23. The van der Waals surface area contributed by atoms with Crippen LogP contribution in [0.3, 0.4) is 0 Å². The molecule has 0 bridgehead atoms. The lowest BCUT2D eigenvalue weighted by Crippen LogP contribution is -2.44. The van der Waals surface area contributed by atoms with E-state index in [-0.39, 0.29) is 11.9 Å². The highest BCUT2D eigenvalue weighted by Gasteiger charge is 2.29. The molecule has 1 amide bonds. The second kappa shape index (κ2) is 5.50. The van der Waals surface area contributed by atoms with Crippen molar-refractivity contribution < 1.29 is 4.79 Å². The summed E-state index contributed by atoms with van der Waals surface area (Å²) in [4.78, 5) is 16.1. The van der Waals surface area contributed by atoms with Crippen LogP contribution in [0.15, 0.2) is 0 Å². The van der Waals surface area contributed by atoms with Crippen molar-refractivity contribution >= 4 is 5.91 Å². The van der Waals surface area contributed by atoms with Crippen LogP contribution in [-0.4, -0.2) is 47.9 Å². The summed E-state index contributed by atoms with van der Waals surface area (Å²) in [6.07, 6.45) is 4.20. The Morgan fingerprint density at radius 3 is 2.65 bits per heavy atom. The Balaban J connectivity index is 1.83. The standard InChI is InChI=1S/C13H21N3O/c1-11-4-7-15(8-5-11)10-13(17)16-6-2-3-12(16)9-14/h11-12H,2-8,10H2,1H3/t12-/m0/s1. The number of carbonyl (C=O) groups excluding carboxylic acids is 1. The molecule has 0 aromatic heterocycles. The summed E-state index contributed by atoms with van der Waals surface area (Å²) in [5, 5.41) is 8.97. The first kappa shape index (κ1) is 12.4. The topological polar surface area (TPSA) is 47.3 Å². The Bertz CT molecular complexity index is 315. The van der Waals surface area contributed by atoms with Crippen LogP contribution in [0.25, 0.3) is 0 Å². The van der Waals surface area contributed by atoms with Crippen LogP contribution in [0.1, 0.15) is 32.6 Å². The van der Waals surface area contributed by atoms with E-state index in [4.69, 9.17) is 5.26 Å². The number of carbonyl (C=O) groups is 1. The summed E-state index contributed by atoms with van der Waals surface area (Å²) < 4.78 is 0. The van der Waals surface area contributed by atoms with Crippen molar-refractivity contribution in [2.45, 2.75) is 38.6 Å². The summed E-state index contributed by atoms with van der Waals surface area (Å²) in [6, 6.07) is 2.05. The number of rotatable bonds is 2. The van der Waals surface area contributed by atoms with E-state index >= 15 is 0 Å². The second-order valence-electron chi connectivity index (χ2n) is 5.33. The van der Waals surface area contributed by atoms with Gasteiger partial charge in [0.15, 0.2) is 0 Å². The smallest absolute Gasteiger partial charge is 0.237 e. The quantitative estimate of drug-likeness (QED) is 0.723. The summed E-state index contributed by atoms with van der Waals surface area (Å²) >= 11 is 0. The maximum atomic E-state index is 12.1. The van der Waals surface area contributed by atoms with Crippen molar-refractivity contribution in [3.63, 3.8) is 0 Å². The van der Waals surface area contributed by atoms with Gasteiger partial charge in [0.2, 0.25) is 5.91 Å². The van der Waals surface area contributed by atoms with Crippen molar-refractivity contribution in [3.05, 3.63) is 0 Å². The number of hydrogen-bond donors (Lipinski definition) is 0. The van der Waals surface area contributed by atoms with Crippen molar-refractivity contribution in [2.75, 3.05) is 26.2 Å². The Hall–Kier alpha value is -1.08. The molecule has 0 saturated carbocycles. The third-order valence-electron chi connectivity index (χ3n) is 3.96. The molecule has 2 aliphatic rings. The molecular formula is C13H21N3O. The van der Waals surface area contributed by atoms with E-state index in [1.54, 1.807) is 4.90 Å². The zero-order valence-electron chi connectivity index (χ0n) is 10.6. The highest BCUT2D eigenvalue weighted by Crippen LogP contribution is 2.19. The Kier molecular flexibility index (Phi) is 4.01. The second-order valence-corrected chi connectivity index (χ2v) is 5.33. The van der Waals surface area contributed by atoms with Gasteiger partial charge in [-0.3, -0.25) is 9.69 Å². The van der Waals surface area contributed by atoms with Crippen molar-refractivity contribution in [2.24, 2.45) is 5.92 Å². The van der Waals surface area contributed by atoms with Gasteiger partial charge in [-0.05, 0) is 44.7 Å². The summed E-state index contributed by atoms with van der Waals surface area (Å²) in [5.74, 6) is 0.934. The van der Waals surface area contributed by atoms with Gasteiger partial charge in [0, 0.05) is 6.54 Å². The minimum atomic E-state index is -0.175. The van der Waals surface area contributed by atoms with E-state index in [9.17, 15) is 4.79 Å². The fraction of sp³-hybridized carbons (Fsp3) is 0.846. The molecule has 17 heavy (non-hydrogen) atoms. The van der Waals surface area contributed by atoms with Crippen molar-refractivity contribution in [1.29, 1.82) is 5.26 Å². The molecule has 2 rings (SSSR count). The molecule has 0 aromatic rings. The van der Waals surface area contributed by atoms with Crippen LogP contribution in [-0.2, 0) is 4.79 Å². The first-order valence-corrected chi connectivity index (χ1v) is 6.62. The Labute approximate surface area is 103 Å². The first-order chi connectivity index (χ1) is 8.20. The van der Waals surface area contributed by atoms with Gasteiger partial charge in [-0.15, -0.1) is 0 Å². The minimum absolute atomic E-state index is 0.142. The number of likely N-dealkylation sites (tertiary alicyclic amines) is 2. The van der Waals surface area contributed by atoms with E-state index in [1.807, 2.05) is 0 Å². The molecule has 0 N–H and O–H groups in total. The zero-order chi connectivity index (χ0) is 12.3. The minimum Gasteiger partial charge on any atom is -0.326 e. The maximum Gasteiger partial charge on any atom is 0.237 e. The van der Waals surface area contributed by atoms with Crippen molar-refractivity contribution in [3.8, 4) is 6.07 Å². The van der Waals surface area contributed by atoms with Crippen LogP contribution in [0.2, 0.25) is 0 Å². The van der Waals surface area contributed by atoms with Gasteiger partial charge in [0.05, 0.1) is 12.6 Å². The number of amides is 1. The van der Waals surface area contributed by atoms with Gasteiger partial charge in [0.25, 0.3) is 0 Å². The molecule has 4 nitrogen and oxygen atoms in total. The number of nitrogens with zero attached hydrogens (tertiary/aromatic N) is 3. The van der Waals surface area contributed by atoms with Gasteiger partial charge in [-0.2, -0.15) is 5.26 Å². The van der Waals surface area contributed by atoms with Gasteiger partial charge < -0.3 is 4.90 Å². The third-order valence-corrected chi connectivity index (χ3v) is 3.96. The number of piperidine rings is 1. The van der Waals surface area contributed by atoms with Crippen LogP contribution in [0.4, 0.5) is 0 Å². The lowest BCUT2D eigenvalue weighted by molar-refractivity contribution is -0.132. The Morgan fingerprint density at radius 2 is 2.00 bits per heavy atom. The zero-order valence-corrected chi connectivity index (χ0v) is 10.6. The largest absolute Gasteiger partial charge is 0.326 e. The average molecular weight is 235 g/mol. The Morgan fingerprint density at radius 1 is 1.29 bits per heavy atom. The van der Waals surface area contributed by atoms with E-state index in [0.717, 1.165) is 38.4 Å². The maximum absolute atomic E-state index is 12.1. The van der Waals surface area contributed by atoms with Gasteiger partial charge in [-0.25, -0.2) is 0 Å². The highest BCUT2D eigenvalue weighted by atomic mass is 16.2. The monoisotopic (exact) mass is 235 g/mol. The van der Waals surface area contributed by atoms with Crippen LogP contribution >= 0.6 is 0 Å². The molecule has 2 aliphatic heterocycles. The normalized spacial score (nSPS) is 27.1. The summed E-state index contributed by atoms with van der Waals surface area (Å²) in [5.41, 5.74) is 0. The van der Waals surface area contributed by atoms with E-state index in [1.165, 1.54) is 12.8 Å². The fourth-order valence-electron chi connectivity index (χ4n) is 2.70. The molecule has 0 aromatic carbocycles. The van der Waals surface area contributed by atoms with E-state index < -0.39 is 0 Å². The molecular weight excluding hydrogens is 214 g/mol. The molecule has 2 saturated heterocycles. The molecule has 2 heterocycles. The lowest BCUT2D eigenvalue weighted by Gasteiger charge is -2.31. The predicted molar refractivity (Wildman–Crippen MR) is 65.2 cm³/mol. The summed E-state index contributed by atoms with van der Waals surface area (Å²) in [7, 11) is 0. The molecule has 0 aliphatic carbocycles. The fourth-order valence-corrected chi connectivity index (χ4v) is 2.70. The SMILES string of the molecule is CC1CCN(CC(=O)N2CCC[C@H]2C#N)CC1. The van der Waals surface area contributed by atoms with Crippen LogP contribution in [0, 0.1) is 17.2 Å². The van der Waals surface area contributed by atoms with E-state index in [2.05, 4.69) is 17.9 Å². The third kappa shape index (κ3) is 2.98. The van der Waals surface area contributed by atoms with Gasteiger partial charge in [-0.1, -0.05) is 6.92 Å². The lowest BCUT2D eigenvalue weighted by atomic mass is 9.99. The molecule has 4 heteroatoms. The number of hydrogen-bond acceptors (Lipinski definition) is 3. The molecule has 0 spiro atoms. The average Bonchev–Trinajstić information content (AvgIpc) is 2.80. The van der Waals surface area contributed by atoms with Gasteiger partial charge in [0.1, 0.15) is 6.04 Å². The summed E-state index contributed by atoms with van der Waals surface area (Å²) in [6.45, 7) is 5.59. The van der Waals surface area contributed by atoms with Gasteiger partial charge >= 0.3 is 0 Å². The van der Waals surface area contributed by atoms with Crippen LogP contribution in [0.5, 0.6) is 0 Å². The van der Waals surface area contributed by atoms with Crippen LogP contribution < -0.4 is 0 Å². The first-order valence-electron chi connectivity index (χ1n) is 6.62. The molecule has 2 fully saturated rings. The van der Waals surface area contributed by atoms with E-state index in [0.29, 0.717) is 6.54 Å². The molecule has 94 valence electrons. The van der Waals surface area contributed by atoms with Crippen molar-refractivity contribution in [1.82, 2.24) is 9.80 Å². The molecule has 1 atom stereocenters.